The van der Waals surface area contributed by atoms with E-state index in [1.807, 2.05) is 0 Å². The van der Waals surface area contributed by atoms with E-state index >= 15 is 0 Å². The molecular formula is C22H18F5N5O2. The number of H-pyrrole nitrogens is 1. The predicted molar refractivity (Wildman–Crippen MR) is 112 cm³/mol. The number of fused-ring (bicyclic) bond motifs is 1. The standard InChI is InChI=1S/C22H18F5N5O2/c1-10-7-16(34-9-13-14(23)5-4-6-15(13)24)20-28-12(3)18(32(20)8-10)21(33)29-17-11(2)30-31-19(17)22(25,26)27/h4-8H,9H2,1-3H3,(H,29,33)(H,30,31). The molecule has 0 unspecified atom stereocenters. The van der Waals surface area contributed by atoms with Crippen LogP contribution in [0.1, 0.15) is 38.7 Å². The molecule has 0 saturated heterocycles. The van der Waals surface area contributed by atoms with Gasteiger partial charge < -0.3 is 10.1 Å². The monoisotopic (exact) mass is 479 g/mol. The summed E-state index contributed by atoms with van der Waals surface area (Å²) in [6.45, 7) is 4.10. The normalized spacial score (nSPS) is 11.8. The highest BCUT2D eigenvalue weighted by atomic mass is 19.4. The Bertz CT molecular complexity index is 1390. The second kappa shape index (κ2) is 8.43. The molecule has 4 rings (SSSR count). The van der Waals surface area contributed by atoms with Crippen LogP contribution in [0.5, 0.6) is 5.75 Å². The van der Waals surface area contributed by atoms with Gasteiger partial charge in [-0.15, -0.1) is 0 Å². The Hall–Kier alpha value is -3.96. The molecule has 178 valence electrons. The highest BCUT2D eigenvalue weighted by Crippen LogP contribution is 2.35. The molecule has 0 spiro atoms. The first-order valence-electron chi connectivity index (χ1n) is 9.96. The third-order valence-electron chi connectivity index (χ3n) is 5.10. The zero-order valence-electron chi connectivity index (χ0n) is 18.1. The fourth-order valence-corrected chi connectivity index (χ4v) is 3.52. The number of alkyl halides is 3. The van der Waals surface area contributed by atoms with Crippen molar-refractivity contribution in [3.8, 4) is 5.75 Å². The number of amides is 1. The van der Waals surface area contributed by atoms with E-state index in [0.29, 0.717) is 5.56 Å². The first-order chi connectivity index (χ1) is 16.0. The number of nitrogens with one attached hydrogen (secondary N) is 2. The third kappa shape index (κ3) is 4.18. The number of anilines is 1. The Kier molecular flexibility index (Phi) is 5.75. The smallest absolute Gasteiger partial charge is 0.437 e. The minimum absolute atomic E-state index is 0.0271. The minimum atomic E-state index is -4.78. The van der Waals surface area contributed by atoms with Gasteiger partial charge in [-0.3, -0.25) is 14.3 Å². The molecule has 3 aromatic heterocycles. The van der Waals surface area contributed by atoms with Gasteiger partial charge in [0.25, 0.3) is 5.91 Å². The number of aryl methyl sites for hydroxylation is 3. The first kappa shape index (κ1) is 23.2. The maximum absolute atomic E-state index is 14.0. The molecule has 2 N–H and O–H groups in total. The Balaban J connectivity index is 1.71. The molecule has 0 fully saturated rings. The van der Waals surface area contributed by atoms with Gasteiger partial charge >= 0.3 is 6.18 Å². The number of aromatic amines is 1. The number of hydrogen-bond donors (Lipinski definition) is 2. The quantitative estimate of drug-likeness (QED) is 0.390. The molecule has 0 aliphatic heterocycles. The lowest BCUT2D eigenvalue weighted by atomic mass is 10.2. The zero-order chi connectivity index (χ0) is 24.8. The molecule has 7 nitrogen and oxygen atoms in total. The summed E-state index contributed by atoms with van der Waals surface area (Å²) in [4.78, 5) is 17.3. The number of hydrogen-bond acceptors (Lipinski definition) is 4. The molecule has 0 aliphatic carbocycles. The number of pyridine rings is 1. The van der Waals surface area contributed by atoms with Gasteiger partial charge in [0.2, 0.25) is 0 Å². The summed E-state index contributed by atoms with van der Waals surface area (Å²) in [6, 6.07) is 5.00. The summed E-state index contributed by atoms with van der Waals surface area (Å²) >= 11 is 0. The van der Waals surface area contributed by atoms with Gasteiger partial charge in [-0.1, -0.05) is 6.07 Å². The lowest BCUT2D eigenvalue weighted by Gasteiger charge is -2.12. The van der Waals surface area contributed by atoms with E-state index in [2.05, 4.69) is 20.5 Å². The van der Waals surface area contributed by atoms with Crippen molar-refractivity contribution in [2.24, 2.45) is 0 Å². The largest absolute Gasteiger partial charge is 0.485 e. The van der Waals surface area contributed by atoms with Crippen molar-refractivity contribution in [1.82, 2.24) is 19.6 Å². The molecule has 0 bridgehead atoms. The second-order valence-corrected chi connectivity index (χ2v) is 7.63. The van der Waals surface area contributed by atoms with Crippen LogP contribution in [0, 0.1) is 32.4 Å². The number of nitrogens with zero attached hydrogens (tertiary/aromatic N) is 3. The van der Waals surface area contributed by atoms with E-state index in [4.69, 9.17) is 4.74 Å². The van der Waals surface area contributed by atoms with Gasteiger partial charge in [0, 0.05) is 6.20 Å². The minimum Gasteiger partial charge on any atom is -0.485 e. The summed E-state index contributed by atoms with van der Waals surface area (Å²) in [5.74, 6) is -2.27. The molecule has 3 heterocycles. The van der Waals surface area contributed by atoms with Gasteiger partial charge in [-0.25, -0.2) is 13.8 Å². The van der Waals surface area contributed by atoms with Crippen LogP contribution < -0.4 is 10.1 Å². The molecule has 0 saturated carbocycles. The molecule has 4 aromatic rings. The van der Waals surface area contributed by atoms with Gasteiger partial charge in [-0.2, -0.15) is 18.3 Å². The van der Waals surface area contributed by atoms with Crippen LogP contribution >= 0.6 is 0 Å². The number of aromatic nitrogens is 4. The lowest BCUT2D eigenvalue weighted by molar-refractivity contribution is -0.140. The SMILES string of the molecule is Cc1cc(OCc2c(F)cccc2F)c2nc(C)c(C(=O)Nc3c(C(F)(F)F)n[nH]c3C)n2c1. The second-order valence-electron chi connectivity index (χ2n) is 7.63. The maximum Gasteiger partial charge on any atom is 0.437 e. The molecule has 34 heavy (non-hydrogen) atoms. The van der Waals surface area contributed by atoms with Crippen LogP contribution in [0.25, 0.3) is 5.65 Å². The first-order valence-corrected chi connectivity index (χ1v) is 9.96. The molecule has 1 amide bonds. The summed E-state index contributed by atoms with van der Waals surface area (Å²) in [7, 11) is 0. The van der Waals surface area contributed by atoms with Gasteiger partial charge in [0.15, 0.2) is 17.1 Å². The number of imidazole rings is 1. The molecule has 0 atom stereocenters. The maximum atomic E-state index is 14.0. The van der Waals surface area contributed by atoms with Crippen molar-refractivity contribution >= 4 is 17.2 Å². The van der Waals surface area contributed by atoms with Crippen LogP contribution in [0.3, 0.4) is 0 Å². The Morgan fingerprint density at radius 1 is 1.18 bits per heavy atom. The Morgan fingerprint density at radius 3 is 2.50 bits per heavy atom. The van der Waals surface area contributed by atoms with Crippen molar-refractivity contribution in [3.63, 3.8) is 0 Å². The molecule has 0 aliphatic rings. The van der Waals surface area contributed by atoms with Crippen molar-refractivity contribution in [1.29, 1.82) is 0 Å². The number of carbonyl (C=O) groups is 1. The van der Waals surface area contributed by atoms with Crippen LogP contribution in [0.15, 0.2) is 30.5 Å². The Labute approximate surface area is 189 Å². The topological polar surface area (TPSA) is 84.3 Å². The molecule has 0 radical (unpaired) electrons. The Morgan fingerprint density at radius 2 is 1.85 bits per heavy atom. The number of halogens is 5. The summed E-state index contributed by atoms with van der Waals surface area (Å²) in [6.07, 6.45) is -3.23. The van der Waals surface area contributed by atoms with E-state index in [1.165, 1.54) is 24.3 Å². The van der Waals surface area contributed by atoms with Crippen LogP contribution in [-0.4, -0.2) is 25.5 Å². The van der Waals surface area contributed by atoms with Crippen molar-refractivity contribution in [2.45, 2.75) is 33.6 Å². The van der Waals surface area contributed by atoms with Gasteiger partial charge in [0.05, 0.1) is 22.6 Å². The zero-order valence-corrected chi connectivity index (χ0v) is 18.1. The fraction of sp³-hybridized carbons (Fsp3) is 0.227. The lowest BCUT2D eigenvalue weighted by Crippen LogP contribution is -2.19. The summed E-state index contributed by atoms with van der Waals surface area (Å²) in [5, 5.41) is 7.71. The molecule has 1 aromatic carbocycles. The number of ether oxygens (including phenoxy) is 1. The average Bonchev–Trinajstić information content (AvgIpc) is 3.26. The van der Waals surface area contributed by atoms with E-state index in [1.54, 1.807) is 19.2 Å². The van der Waals surface area contributed by atoms with Crippen molar-refractivity contribution < 1.29 is 31.5 Å². The summed E-state index contributed by atoms with van der Waals surface area (Å²) < 4.78 is 74.7. The number of carbonyl (C=O) groups excluding carboxylic acids is 1. The number of rotatable bonds is 5. The van der Waals surface area contributed by atoms with Crippen LogP contribution in [0.2, 0.25) is 0 Å². The highest BCUT2D eigenvalue weighted by molar-refractivity contribution is 6.05. The van der Waals surface area contributed by atoms with Crippen LogP contribution in [0.4, 0.5) is 27.6 Å². The fourth-order valence-electron chi connectivity index (χ4n) is 3.52. The van der Waals surface area contributed by atoms with Gasteiger partial charge in [-0.05, 0) is 44.5 Å². The highest BCUT2D eigenvalue weighted by Gasteiger charge is 2.38. The summed E-state index contributed by atoms with van der Waals surface area (Å²) in [5.41, 5.74) is -1.06. The average molecular weight is 479 g/mol. The van der Waals surface area contributed by atoms with E-state index < -0.39 is 41.7 Å². The van der Waals surface area contributed by atoms with E-state index in [9.17, 15) is 26.7 Å². The molecular weight excluding hydrogens is 461 g/mol. The predicted octanol–water partition coefficient (Wildman–Crippen LogP) is 5.11. The van der Waals surface area contributed by atoms with Crippen molar-refractivity contribution in [3.05, 3.63) is 76.0 Å². The number of benzene rings is 1. The van der Waals surface area contributed by atoms with Gasteiger partial charge in [0.1, 0.15) is 23.9 Å². The van der Waals surface area contributed by atoms with Crippen molar-refractivity contribution in [2.75, 3.05) is 5.32 Å². The third-order valence-corrected chi connectivity index (χ3v) is 5.10. The van der Waals surface area contributed by atoms with Crippen LogP contribution in [-0.2, 0) is 12.8 Å². The molecule has 12 heteroatoms. The van der Waals surface area contributed by atoms with E-state index in [0.717, 1.165) is 12.1 Å². The van der Waals surface area contributed by atoms with E-state index in [-0.39, 0.29) is 34.0 Å².